The molecule has 0 aliphatic rings. The molecule has 20 heavy (non-hydrogen) atoms. The Labute approximate surface area is 115 Å². The van der Waals surface area contributed by atoms with Crippen molar-refractivity contribution in [3.05, 3.63) is 48.4 Å². The van der Waals surface area contributed by atoms with Crippen molar-refractivity contribution in [3.8, 4) is 5.75 Å². The highest BCUT2D eigenvalue weighted by atomic mass is 16.5. The number of carbonyl (C=O) groups excluding carboxylic acids is 2. The lowest BCUT2D eigenvalue weighted by atomic mass is 10.3. The second kappa shape index (κ2) is 6.42. The number of furan rings is 1. The van der Waals surface area contributed by atoms with Gasteiger partial charge in [-0.25, -0.2) is 0 Å². The summed E-state index contributed by atoms with van der Waals surface area (Å²) in [6.07, 6.45) is 1.43. The van der Waals surface area contributed by atoms with Crippen LogP contribution in [-0.4, -0.2) is 25.5 Å². The van der Waals surface area contributed by atoms with Gasteiger partial charge in [0, 0.05) is 18.8 Å². The summed E-state index contributed by atoms with van der Waals surface area (Å²) in [6.45, 7) is -0.0773. The molecule has 2 N–H and O–H groups in total. The monoisotopic (exact) mass is 274 g/mol. The van der Waals surface area contributed by atoms with Crippen molar-refractivity contribution in [1.29, 1.82) is 0 Å². The predicted molar refractivity (Wildman–Crippen MR) is 72.7 cm³/mol. The van der Waals surface area contributed by atoms with Crippen LogP contribution in [0.1, 0.15) is 10.6 Å². The van der Waals surface area contributed by atoms with Crippen molar-refractivity contribution in [2.24, 2.45) is 0 Å². The van der Waals surface area contributed by atoms with Gasteiger partial charge in [0.1, 0.15) is 5.75 Å². The third-order valence-corrected chi connectivity index (χ3v) is 2.49. The van der Waals surface area contributed by atoms with E-state index in [4.69, 9.17) is 9.15 Å². The molecule has 2 aromatic rings. The summed E-state index contributed by atoms with van der Waals surface area (Å²) in [5, 5.41) is 5.13. The van der Waals surface area contributed by atoms with Crippen molar-refractivity contribution in [2.45, 2.75) is 0 Å². The number of benzene rings is 1. The molecule has 6 nitrogen and oxygen atoms in total. The van der Waals surface area contributed by atoms with E-state index in [1.54, 1.807) is 36.4 Å². The Balaban J connectivity index is 1.99. The summed E-state index contributed by atoms with van der Waals surface area (Å²) >= 11 is 0. The molecule has 0 aliphatic heterocycles. The molecule has 0 saturated heterocycles. The van der Waals surface area contributed by atoms with Crippen molar-refractivity contribution < 1.29 is 18.7 Å². The minimum atomic E-state index is -0.349. The minimum Gasteiger partial charge on any atom is -0.484 e. The number of amides is 2. The van der Waals surface area contributed by atoms with E-state index in [1.165, 1.54) is 13.3 Å². The molecule has 0 atom stereocenters. The van der Waals surface area contributed by atoms with Gasteiger partial charge in [0.2, 0.25) is 0 Å². The van der Waals surface area contributed by atoms with E-state index in [-0.39, 0.29) is 24.2 Å². The molecule has 2 rings (SSSR count). The molecular formula is C14H14N2O4. The third kappa shape index (κ3) is 3.61. The normalized spacial score (nSPS) is 9.85. The molecule has 0 radical (unpaired) electrons. The van der Waals surface area contributed by atoms with Gasteiger partial charge < -0.3 is 19.8 Å². The molecule has 0 bridgehead atoms. The number of hydrogen-bond acceptors (Lipinski definition) is 4. The highest BCUT2D eigenvalue weighted by Crippen LogP contribution is 2.18. The number of hydrogen-bond donors (Lipinski definition) is 2. The van der Waals surface area contributed by atoms with E-state index < -0.39 is 0 Å². The SMILES string of the molecule is CNC(=O)COc1cccc(NC(=O)c2ccco2)c1. The summed E-state index contributed by atoms with van der Waals surface area (Å²) in [4.78, 5) is 22.9. The van der Waals surface area contributed by atoms with Gasteiger partial charge in [0.05, 0.1) is 6.26 Å². The minimum absolute atomic E-state index is 0.0773. The maximum Gasteiger partial charge on any atom is 0.291 e. The molecule has 0 spiro atoms. The largest absolute Gasteiger partial charge is 0.484 e. The molecule has 1 heterocycles. The fraction of sp³-hybridized carbons (Fsp3) is 0.143. The van der Waals surface area contributed by atoms with Crippen LogP contribution in [0.2, 0.25) is 0 Å². The standard InChI is InChI=1S/C14H14N2O4/c1-15-13(17)9-20-11-5-2-4-10(8-11)16-14(18)12-6-3-7-19-12/h2-8H,9H2,1H3,(H,15,17)(H,16,18). The Morgan fingerprint density at radius 2 is 2.10 bits per heavy atom. The molecule has 0 unspecified atom stereocenters. The Bertz CT molecular complexity index is 593. The van der Waals surface area contributed by atoms with Crippen LogP contribution in [0.4, 0.5) is 5.69 Å². The van der Waals surface area contributed by atoms with Crippen molar-refractivity contribution in [3.63, 3.8) is 0 Å². The predicted octanol–water partition coefficient (Wildman–Crippen LogP) is 1.66. The molecule has 2 amide bonds. The van der Waals surface area contributed by atoms with Crippen LogP contribution in [-0.2, 0) is 4.79 Å². The van der Waals surface area contributed by atoms with Gasteiger partial charge in [0.15, 0.2) is 12.4 Å². The highest BCUT2D eigenvalue weighted by molar-refractivity contribution is 6.02. The van der Waals surface area contributed by atoms with Crippen LogP contribution in [0, 0.1) is 0 Å². The molecular weight excluding hydrogens is 260 g/mol. The Kier molecular flexibility index (Phi) is 4.39. The molecule has 104 valence electrons. The van der Waals surface area contributed by atoms with Crippen molar-refractivity contribution >= 4 is 17.5 Å². The van der Waals surface area contributed by atoms with Gasteiger partial charge in [-0.05, 0) is 24.3 Å². The Morgan fingerprint density at radius 3 is 2.80 bits per heavy atom. The first kappa shape index (κ1) is 13.7. The molecule has 0 aliphatic carbocycles. The molecule has 6 heteroatoms. The van der Waals surface area contributed by atoms with Crippen LogP contribution >= 0.6 is 0 Å². The Morgan fingerprint density at radius 1 is 1.25 bits per heavy atom. The third-order valence-electron chi connectivity index (χ3n) is 2.49. The summed E-state index contributed by atoms with van der Waals surface area (Å²) in [5.74, 6) is 0.140. The molecule has 1 aromatic carbocycles. The van der Waals surface area contributed by atoms with Gasteiger partial charge >= 0.3 is 0 Å². The van der Waals surface area contributed by atoms with Gasteiger partial charge in [-0.1, -0.05) is 6.07 Å². The molecule has 1 aromatic heterocycles. The maximum atomic E-state index is 11.8. The lowest BCUT2D eigenvalue weighted by Gasteiger charge is -2.08. The fourth-order valence-electron chi connectivity index (χ4n) is 1.49. The topological polar surface area (TPSA) is 80.6 Å². The number of nitrogens with one attached hydrogen (secondary N) is 2. The van der Waals surface area contributed by atoms with E-state index in [2.05, 4.69) is 10.6 Å². The summed E-state index contributed by atoms with van der Waals surface area (Å²) < 4.78 is 10.3. The van der Waals surface area contributed by atoms with Crippen molar-refractivity contribution in [2.75, 3.05) is 19.0 Å². The lowest BCUT2D eigenvalue weighted by Crippen LogP contribution is -2.24. The second-order valence-corrected chi connectivity index (χ2v) is 3.92. The van der Waals surface area contributed by atoms with Crippen LogP contribution in [0.15, 0.2) is 47.1 Å². The fourth-order valence-corrected chi connectivity index (χ4v) is 1.49. The summed E-state index contributed by atoms with van der Waals surface area (Å²) in [7, 11) is 1.53. The first-order valence-corrected chi connectivity index (χ1v) is 5.97. The summed E-state index contributed by atoms with van der Waals surface area (Å²) in [6, 6.07) is 9.97. The highest BCUT2D eigenvalue weighted by Gasteiger charge is 2.09. The number of carbonyl (C=O) groups is 2. The second-order valence-electron chi connectivity index (χ2n) is 3.92. The number of ether oxygens (including phenoxy) is 1. The Hall–Kier alpha value is -2.76. The maximum absolute atomic E-state index is 11.8. The van der Waals surface area contributed by atoms with Crippen LogP contribution < -0.4 is 15.4 Å². The van der Waals surface area contributed by atoms with Crippen molar-refractivity contribution in [1.82, 2.24) is 5.32 Å². The average Bonchev–Trinajstić information content (AvgIpc) is 2.99. The average molecular weight is 274 g/mol. The number of anilines is 1. The molecule has 0 saturated carbocycles. The molecule has 0 fully saturated rings. The van der Waals surface area contributed by atoms with Gasteiger partial charge in [-0.2, -0.15) is 0 Å². The smallest absolute Gasteiger partial charge is 0.291 e. The zero-order valence-electron chi connectivity index (χ0n) is 10.9. The van der Waals surface area contributed by atoms with Crippen LogP contribution in [0.3, 0.4) is 0 Å². The van der Waals surface area contributed by atoms with Crippen LogP contribution in [0.25, 0.3) is 0 Å². The zero-order chi connectivity index (χ0) is 14.4. The van der Waals surface area contributed by atoms with E-state index in [1.807, 2.05) is 0 Å². The van der Waals surface area contributed by atoms with Gasteiger partial charge in [0.25, 0.3) is 11.8 Å². The number of likely N-dealkylation sites (N-methyl/N-ethyl adjacent to an activating group) is 1. The van der Waals surface area contributed by atoms with Gasteiger partial charge in [-0.3, -0.25) is 9.59 Å². The quantitative estimate of drug-likeness (QED) is 0.868. The first-order chi connectivity index (χ1) is 9.69. The van der Waals surface area contributed by atoms with E-state index in [9.17, 15) is 9.59 Å². The first-order valence-electron chi connectivity index (χ1n) is 5.97. The zero-order valence-corrected chi connectivity index (χ0v) is 10.9. The summed E-state index contributed by atoms with van der Waals surface area (Å²) in [5.41, 5.74) is 0.556. The number of rotatable bonds is 5. The lowest BCUT2D eigenvalue weighted by molar-refractivity contribution is -0.122. The van der Waals surface area contributed by atoms with Crippen LogP contribution in [0.5, 0.6) is 5.75 Å². The van der Waals surface area contributed by atoms with E-state index in [0.717, 1.165) is 0 Å². The van der Waals surface area contributed by atoms with E-state index in [0.29, 0.717) is 11.4 Å². The van der Waals surface area contributed by atoms with E-state index >= 15 is 0 Å². The van der Waals surface area contributed by atoms with Gasteiger partial charge in [-0.15, -0.1) is 0 Å².